The summed E-state index contributed by atoms with van der Waals surface area (Å²) in [5, 5.41) is 12.1. The molecular weight excluding hydrogens is 421 g/mol. The molecule has 8 heteroatoms. The fourth-order valence-electron chi connectivity index (χ4n) is 4.29. The monoisotopic (exact) mass is 436 g/mol. The molecule has 3 aromatic carbocycles. The molecule has 0 spiro atoms. The van der Waals surface area contributed by atoms with Crippen LogP contribution in [0.2, 0.25) is 0 Å². The van der Waals surface area contributed by atoms with Gasteiger partial charge in [0.15, 0.2) is 0 Å². The maximum atomic E-state index is 13.4. The van der Waals surface area contributed by atoms with E-state index in [9.17, 15) is 27.9 Å². The van der Waals surface area contributed by atoms with Crippen LogP contribution < -0.4 is 5.56 Å². The number of halogens is 3. The minimum absolute atomic E-state index is 0.00959. The first-order valence-electron chi connectivity index (χ1n) is 9.66. The van der Waals surface area contributed by atoms with Gasteiger partial charge in [-0.15, -0.1) is 0 Å². The highest BCUT2D eigenvalue weighted by atomic mass is 19.4. The molecule has 2 heterocycles. The summed E-state index contributed by atoms with van der Waals surface area (Å²) in [6.45, 7) is 0. The molecule has 5 rings (SSSR count). The molecule has 0 unspecified atom stereocenters. The van der Waals surface area contributed by atoms with Crippen LogP contribution in [-0.4, -0.2) is 26.2 Å². The van der Waals surface area contributed by atoms with Crippen molar-refractivity contribution in [3.05, 3.63) is 82.6 Å². The first-order valence-corrected chi connectivity index (χ1v) is 9.66. The van der Waals surface area contributed by atoms with Crippen molar-refractivity contribution in [3.63, 3.8) is 0 Å². The van der Waals surface area contributed by atoms with Crippen molar-refractivity contribution in [3.8, 4) is 11.4 Å². The Kier molecular flexibility index (Phi) is 4.17. The predicted molar refractivity (Wildman–Crippen MR) is 116 cm³/mol. The number of ketones is 1. The summed E-state index contributed by atoms with van der Waals surface area (Å²) in [6.07, 6.45) is -5.33. The third-order valence-electron chi connectivity index (χ3n) is 5.69. The highest BCUT2D eigenvalue weighted by Crippen LogP contribution is 2.40. The molecule has 0 bridgehead atoms. The number of carbonyl (C=O) groups excluding carboxylic acids is 1. The van der Waals surface area contributed by atoms with Crippen molar-refractivity contribution in [2.45, 2.75) is 6.18 Å². The molecule has 160 valence electrons. The molecule has 5 aromatic rings. The standard InChI is InChI=1S/C24H15F3N2O3/c1-28-15-10-6-5-9-14(15)18-16(28)11-12-17-19(18)21(30)20(22(31)24(25,26)27)23(32)29(17)13-7-3-2-4-8-13/h2-12,30H,1H3. The Bertz CT molecular complexity index is 1610. The number of fused-ring (bicyclic) bond motifs is 5. The molecule has 0 aliphatic carbocycles. The van der Waals surface area contributed by atoms with E-state index in [2.05, 4.69) is 0 Å². The fourth-order valence-corrected chi connectivity index (χ4v) is 4.29. The Hall–Kier alpha value is -4.07. The van der Waals surface area contributed by atoms with E-state index in [0.717, 1.165) is 10.1 Å². The van der Waals surface area contributed by atoms with Crippen LogP contribution in [0.5, 0.6) is 5.75 Å². The molecule has 0 radical (unpaired) electrons. The molecule has 0 aliphatic heterocycles. The van der Waals surface area contributed by atoms with Gasteiger partial charge in [-0.1, -0.05) is 36.4 Å². The zero-order valence-electron chi connectivity index (χ0n) is 16.6. The molecule has 0 atom stereocenters. The average molecular weight is 436 g/mol. The third-order valence-corrected chi connectivity index (χ3v) is 5.69. The number of aryl methyl sites for hydroxylation is 1. The van der Waals surface area contributed by atoms with Crippen LogP contribution in [0.3, 0.4) is 0 Å². The number of pyridine rings is 1. The van der Waals surface area contributed by atoms with Crippen molar-refractivity contribution in [2.75, 3.05) is 0 Å². The highest BCUT2D eigenvalue weighted by Gasteiger charge is 2.43. The molecular formula is C24H15F3N2O3. The molecule has 2 aromatic heterocycles. The number of carbonyl (C=O) groups is 1. The number of aromatic nitrogens is 2. The van der Waals surface area contributed by atoms with Crippen LogP contribution in [0.4, 0.5) is 13.2 Å². The van der Waals surface area contributed by atoms with E-state index >= 15 is 0 Å². The summed E-state index contributed by atoms with van der Waals surface area (Å²) in [4.78, 5) is 25.4. The normalized spacial score (nSPS) is 12.1. The lowest BCUT2D eigenvalue weighted by Crippen LogP contribution is -2.33. The second-order valence-electron chi connectivity index (χ2n) is 7.46. The zero-order valence-corrected chi connectivity index (χ0v) is 16.6. The van der Waals surface area contributed by atoms with Gasteiger partial charge in [0.2, 0.25) is 0 Å². The van der Waals surface area contributed by atoms with E-state index in [-0.39, 0.29) is 16.6 Å². The van der Waals surface area contributed by atoms with Crippen LogP contribution in [0.15, 0.2) is 71.5 Å². The number of Topliss-reactive ketones (excluding diaryl/α,β-unsaturated/α-hetero) is 1. The van der Waals surface area contributed by atoms with Gasteiger partial charge >= 0.3 is 6.18 Å². The molecule has 0 saturated carbocycles. The zero-order chi connectivity index (χ0) is 22.8. The Morgan fingerprint density at radius 2 is 1.47 bits per heavy atom. The van der Waals surface area contributed by atoms with Crippen molar-refractivity contribution in [1.82, 2.24) is 9.13 Å². The first-order chi connectivity index (χ1) is 15.2. The van der Waals surface area contributed by atoms with Crippen LogP contribution in [0.25, 0.3) is 38.4 Å². The smallest absolute Gasteiger partial charge is 0.455 e. The Morgan fingerprint density at radius 1 is 0.844 bits per heavy atom. The number of aromatic hydroxyl groups is 1. The second-order valence-corrected chi connectivity index (χ2v) is 7.46. The maximum absolute atomic E-state index is 13.4. The topological polar surface area (TPSA) is 64.2 Å². The van der Waals surface area contributed by atoms with Gasteiger partial charge in [0, 0.05) is 34.5 Å². The minimum Gasteiger partial charge on any atom is -0.506 e. The van der Waals surface area contributed by atoms with Crippen molar-refractivity contribution in [1.29, 1.82) is 0 Å². The second kappa shape index (κ2) is 6.71. The molecule has 0 amide bonds. The number of benzene rings is 3. The lowest BCUT2D eigenvalue weighted by Gasteiger charge is -2.16. The molecule has 0 aliphatic rings. The number of rotatable bonds is 2. The van der Waals surface area contributed by atoms with Gasteiger partial charge in [-0.2, -0.15) is 13.2 Å². The lowest BCUT2D eigenvalue weighted by atomic mass is 10.0. The fraction of sp³-hybridized carbons (Fsp3) is 0.0833. The number of hydrogen-bond acceptors (Lipinski definition) is 3. The Morgan fingerprint density at radius 3 is 2.16 bits per heavy atom. The number of hydrogen-bond donors (Lipinski definition) is 1. The minimum atomic E-state index is -5.33. The van der Waals surface area contributed by atoms with Gasteiger partial charge in [0.25, 0.3) is 11.3 Å². The molecule has 1 N–H and O–H groups in total. The van der Waals surface area contributed by atoms with E-state index < -0.39 is 28.8 Å². The van der Waals surface area contributed by atoms with Gasteiger partial charge in [-0.05, 0) is 30.3 Å². The lowest BCUT2D eigenvalue weighted by molar-refractivity contribution is -0.0887. The number of para-hydroxylation sites is 2. The quantitative estimate of drug-likeness (QED) is 0.392. The average Bonchev–Trinajstić information content (AvgIpc) is 3.06. The molecule has 5 nitrogen and oxygen atoms in total. The summed E-state index contributed by atoms with van der Waals surface area (Å²) in [5.74, 6) is -3.36. The van der Waals surface area contributed by atoms with Gasteiger partial charge in [0.05, 0.1) is 10.9 Å². The number of nitrogens with zero attached hydrogens (tertiary/aromatic N) is 2. The van der Waals surface area contributed by atoms with E-state index in [1.165, 1.54) is 0 Å². The van der Waals surface area contributed by atoms with Gasteiger partial charge in [-0.25, -0.2) is 0 Å². The summed E-state index contributed by atoms with van der Waals surface area (Å²) in [5.41, 5.74) is -0.634. The maximum Gasteiger partial charge on any atom is 0.455 e. The van der Waals surface area contributed by atoms with Crippen LogP contribution in [-0.2, 0) is 7.05 Å². The number of alkyl halides is 3. The predicted octanol–water partition coefficient (Wildman–Crippen LogP) is 5.09. The highest BCUT2D eigenvalue weighted by molar-refractivity contribution is 6.23. The van der Waals surface area contributed by atoms with Crippen molar-refractivity contribution >= 4 is 38.5 Å². The third kappa shape index (κ3) is 2.65. The molecule has 0 saturated heterocycles. The summed E-state index contributed by atoms with van der Waals surface area (Å²) >= 11 is 0. The Labute approximate surface area is 178 Å². The Balaban J connectivity index is 2.09. The van der Waals surface area contributed by atoms with E-state index in [4.69, 9.17) is 0 Å². The van der Waals surface area contributed by atoms with Gasteiger partial charge < -0.3 is 9.67 Å². The van der Waals surface area contributed by atoms with E-state index in [1.54, 1.807) is 61.6 Å². The van der Waals surface area contributed by atoms with E-state index in [1.807, 2.05) is 16.7 Å². The first kappa shape index (κ1) is 19.9. The summed E-state index contributed by atoms with van der Waals surface area (Å²) in [7, 11) is 1.79. The van der Waals surface area contributed by atoms with Crippen LogP contribution >= 0.6 is 0 Å². The van der Waals surface area contributed by atoms with Crippen LogP contribution in [0, 0.1) is 0 Å². The van der Waals surface area contributed by atoms with Gasteiger partial charge in [0.1, 0.15) is 11.3 Å². The molecule has 0 fully saturated rings. The SMILES string of the molecule is Cn1c2ccccc2c2c3c(O)c(C(=O)C(F)(F)F)c(=O)n(-c4ccccc4)c3ccc21. The van der Waals surface area contributed by atoms with E-state index in [0.29, 0.717) is 16.3 Å². The van der Waals surface area contributed by atoms with Gasteiger partial charge in [-0.3, -0.25) is 14.2 Å². The largest absolute Gasteiger partial charge is 0.506 e. The van der Waals surface area contributed by atoms with Crippen molar-refractivity contribution in [2.24, 2.45) is 7.05 Å². The summed E-state index contributed by atoms with van der Waals surface area (Å²) in [6, 6.07) is 18.6. The molecule has 32 heavy (non-hydrogen) atoms. The summed E-state index contributed by atoms with van der Waals surface area (Å²) < 4.78 is 43.0. The van der Waals surface area contributed by atoms with Crippen molar-refractivity contribution < 1.29 is 23.1 Å². The van der Waals surface area contributed by atoms with Crippen LogP contribution in [0.1, 0.15) is 10.4 Å².